The van der Waals surface area contributed by atoms with Crippen LogP contribution in [-0.2, 0) is 28.6 Å². The van der Waals surface area contributed by atoms with Gasteiger partial charge in [0.15, 0.2) is 6.10 Å². The molecule has 0 aliphatic rings. The monoisotopic (exact) mass is 883 g/mol. The predicted octanol–water partition coefficient (Wildman–Crippen LogP) is 16.7. The van der Waals surface area contributed by atoms with Gasteiger partial charge in [-0.25, -0.2) is 0 Å². The zero-order valence-electron chi connectivity index (χ0n) is 40.7. The normalized spacial score (nSPS) is 13.2. The summed E-state index contributed by atoms with van der Waals surface area (Å²) in [6, 6.07) is 0. The lowest BCUT2D eigenvalue weighted by molar-refractivity contribution is -0.167. The Kier molecular flexibility index (Phi) is 47.6. The molecule has 0 aliphatic heterocycles. The molecule has 6 heteroatoms. The first kappa shape index (κ1) is 59.5. The first-order valence-corrected chi connectivity index (χ1v) is 25.2. The number of carbonyl (C=O) groups excluding carboxylic acids is 3. The highest BCUT2D eigenvalue weighted by Crippen LogP contribution is 2.12. The third kappa shape index (κ3) is 48.6. The molecule has 6 nitrogen and oxygen atoms in total. The van der Waals surface area contributed by atoms with E-state index in [4.69, 9.17) is 14.2 Å². The van der Waals surface area contributed by atoms with Crippen LogP contribution in [0.2, 0.25) is 0 Å². The van der Waals surface area contributed by atoms with Crippen molar-refractivity contribution < 1.29 is 28.6 Å². The van der Waals surface area contributed by atoms with Crippen LogP contribution >= 0.6 is 0 Å². The minimum atomic E-state index is -0.821. The van der Waals surface area contributed by atoms with E-state index >= 15 is 0 Å². The molecule has 0 saturated carbocycles. The third-order valence-corrected chi connectivity index (χ3v) is 9.96. The SMILES string of the molecule is CC/C=C\C/C=C\C/C=C\C/C=C\C/C=C\CCCCCC(=O)OCC(COC(=O)CCCC/C=C\C/C=C\CC)OC(=O)CCCCCCC\C=C/C=C\C=C/C=C\CCCCC. The quantitative estimate of drug-likeness (QED) is 0.0200. The fourth-order valence-electron chi connectivity index (χ4n) is 6.22. The van der Waals surface area contributed by atoms with Crippen molar-refractivity contribution in [2.75, 3.05) is 13.2 Å². The van der Waals surface area contributed by atoms with E-state index in [-0.39, 0.29) is 37.5 Å². The van der Waals surface area contributed by atoms with E-state index in [9.17, 15) is 14.4 Å². The lowest BCUT2D eigenvalue weighted by Gasteiger charge is -2.18. The van der Waals surface area contributed by atoms with Gasteiger partial charge in [-0.3, -0.25) is 14.4 Å². The average Bonchev–Trinajstić information content (AvgIpc) is 3.29. The molecule has 0 aromatic heterocycles. The molecule has 0 aromatic rings. The van der Waals surface area contributed by atoms with E-state index in [2.05, 4.69) is 154 Å². The molecule has 1 atom stereocenters. The Bertz CT molecular complexity index is 1430. The van der Waals surface area contributed by atoms with Gasteiger partial charge in [-0.05, 0) is 116 Å². The van der Waals surface area contributed by atoms with Gasteiger partial charge >= 0.3 is 17.9 Å². The Balaban J connectivity index is 4.50. The third-order valence-electron chi connectivity index (χ3n) is 9.96. The topological polar surface area (TPSA) is 78.9 Å². The average molecular weight is 883 g/mol. The second-order valence-electron chi connectivity index (χ2n) is 16.0. The van der Waals surface area contributed by atoms with Gasteiger partial charge in [0.2, 0.25) is 0 Å². The van der Waals surface area contributed by atoms with Crippen molar-refractivity contribution in [2.24, 2.45) is 0 Å². The highest BCUT2D eigenvalue weighted by atomic mass is 16.6. The molecule has 358 valence electrons. The van der Waals surface area contributed by atoms with E-state index < -0.39 is 6.10 Å². The Morgan fingerprint density at radius 1 is 0.344 bits per heavy atom. The molecular formula is C58H90O6. The summed E-state index contributed by atoms with van der Waals surface area (Å²) < 4.78 is 16.7. The molecule has 0 saturated heterocycles. The Hall–Kier alpha value is -4.45. The van der Waals surface area contributed by atoms with Crippen LogP contribution in [0.4, 0.5) is 0 Å². The van der Waals surface area contributed by atoms with Gasteiger partial charge in [-0.2, -0.15) is 0 Å². The van der Waals surface area contributed by atoms with Gasteiger partial charge in [0.05, 0.1) is 0 Å². The summed E-state index contributed by atoms with van der Waals surface area (Å²) in [5, 5.41) is 0. The second kappa shape index (κ2) is 51.2. The van der Waals surface area contributed by atoms with Gasteiger partial charge < -0.3 is 14.2 Å². The maximum Gasteiger partial charge on any atom is 0.306 e. The number of allylic oxidation sites excluding steroid dienone is 22. The number of esters is 3. The smallest absolute Gasteiger partial charge is 0.306 e. The summed E-state index contributed by atoms with van der Waals surface area (Å²) in [7, 11) is 0. The second-order valence-corrected chi connectivity index (χ2v) is 16.0. The fraction of sp³-hybridized carbons (Fsp3) is 0.569. The fourth-order valence-corrected chi connectivity index (χ4v) is 6.22. The van der Waals surface area contributed by atoms with E-state index in [0.29, 0.717) is 12.8 Å². The largest absolute Gasteiger partial charge is 0.462 e. The Labute approximate surface area is 392 Å². The first-order chi connectivity index (χ1) is 31.5. The molecule has 1 unspecified atom stereocenters. The van der Waals surface area contributed by atoms with E-state index in [1.54, 1.807) is 0 Å². The van der Waals surface area contributed by atoms with Crippen molar-refractivity contribution >= 4 is 17.9 Å². The van der Waals surface area contributed by atoms with Crippen LogP contribution in [0.15, 0.2) is 134 Å². The van der Waals surface area contributed by atoms with Gasteiger partial charge in [0.25, 0.3) is 0 Å². The maximum atomic E-state index is 12.8. The number of hydrogen-bond donors (Lipinski definition) is 0. The maximum absolute atomic E-state index is 12.8. The van der Waals surface area contributed by atoms with Crippen molar-refractivity contribution in [3.05, 3.63) is 134 Å². The van der Waals surface area contributed by atoms with Crippen molar-refractivity contribution in [1.82, 2.24) is 0 Å². The van der Waals surface area contributed by atoms with Gasteiger partial charge in [0.1, 0.15) is 13.2 Å². The van der Waals surface area contributed by atoms with Crippen molar-refractivity contribution in [2.45, 2.75) is 200 Å². The summed E-state index contributed by atoms with van der Waals surface area (Å²) in [4.78, 5) is 37.9. The first-order valence-electron chi connectivity index (χ1n) is 25.2. The van der Waals surface area contributed by atoms with E-state index in [1.165, 1.54) is 19.3 Å². The molecule has 64 heavy (non-hydrogen) atoms. The number of ether oxygens (including phenoxy) is 3. The van der Waals surface area contributed by atoms with E-state index in [0.717, 1.165) is 135 Å². The molecule has 0 aliphatic carbocycles. The summed E-state index contributed by atoms with van der Waals surface area (Å²) in [6.07, 6.45) is 71.6. The molecule has 0 fully saturated rings. The molecule has 0 bridgehead atoms. The van der Waals surface area contributed by atoms with Gasteiger partial charge in [0, 0.05) is 19.3 Å². The van der Waals surface area contributed by atoms with Crippen LogP contribution in [-0.4, -0.2) is 37.2 Å². The summed E-state index contributed by atoms with van der Waals surface area (Å²) >= 11 is 0. The van der Waals surface area contributed by atoms with E-state index in [1.807, 2.05) is 0 Å². The predicted molar refractivity (Wildman–Crippen MR) is 274 cm³/mol. The Morgan fingerprint density at radius 3 is 1.14 bits per heavy atom. The number of unbranched alkanes of at least 4 members (excludes halogenated alkanes) is 13. The van der Waals surface area contributed by atoms with Crippen LogP contribution in [0, 0.1) is 0 Å². The van der Waals surface area contributed by atoms with Crippen LogP contribution in [0.3, 0.4) is 0 Å². The number of rotatable bonds is 43. The van der Waals surface area contributed by atoms with Crippen LogP contribution in [0.5, 0.6) is 0 Å². The number of carbonyl (C=O) groups is 3. The summed E-state index contributed by atoms with van der Waals surface area (Å²) in [6.45, 7) is 6.25. The molecule has 0 radical (unpaired) electrons. The van der Waals surface area contributed by atoms with Crippen LogP contribution in [0.25, 0.3) is 0 Å². The highest BCUT2D eigenvalue weighted by molar-refractivity contribution is 5.71. The molecule has 0 amide bonds. The molecular weight excluding hydrogens is 793 g/mol. The number of hydrogen-bond acceptors (Lipinski definition) is 6. The summed E-state index contributed by atoms with van der Waals surface area (Å²) in [5.74, 6) is -1.02. The molecule has 0 heterocycles. The van der Waals surface area contributed by atoms with Gasteiger partial charge in [-0.1, -0.05) is 193 Å². The van der Waals surface area contributed by atoms with Crippen LogP contribution < -0.4 is 0 Å². The molecule has 0 N–H and O–H groups in total. The minimum Gasteiger partial charge on any atom is -0.462 e. The van der Waals surface area contributed by atoms with Crippen molar-refractivity contribution in [3.63, 3.8) is 0 Å². The minimum absolute atomic E-state index is 0.121. The lowest BCUT2D eigenvalue weighted by Crippen LogP contribution is -2.30. The molecule has 0 rings (SSSR count). The zero-order valence-corrected chi connectivity index (χ0v) is 40.7. The highest BCUT2D eigenvalue weighted by Gasteiger charge is 2.19. The zero-order chi connectivity index (χ0) is 46.5. The van der Waals surface area contributed by atoms with Crippen molar-refractivity contribution in [1.29, 1.82) is 0 Å². The molecule has 0 aromatic carbocycles. The van der Waals surface area contributed by atoms with Crippen molar-refractivity contribution in [3.8, 4) is 0 Å². The molecule has 0 spiro atoms. The Morgan fingerprint density at radius 2 is 0.672 bits per heavy atom. The standard InChI is InChI=1S/C58H90O6/c1-4-7-10-13-16-19-21-23-25-27-29-31-32-34-36-39-42-45-48-51-57(60)63-54-55(53-62-56(59)50-47-44-41-38-18-15-12-9-6-3)64-58(61)52-49-46-43-40-37-35-33-30-28-26-24-22-20-17-14-11-8-5-2/h7,9-10,12,16-20,22-26,28-31,33-34,36,38,55H,4-6,8,11,13-15,21,27,32,35,37,39-54H2,1-3H3/b10-7-,12-9-,19-16-,20-17-,24-22-,25-23-,28-26-,31-29-,33-30-,36-34-,38-18-. The summed E-state index contributed by atoms with van der Waals surface area (Å²) in [5.41, 5.74) is 0. The van der Waals surface area contributed by atoms with Gasteiger partial charge in [-0.15, -0.1) is 0 Å². The lowest BCUT2D eigenvalue weighted by atomic mass is 10.1. The van der Waals surface area contributed by atoms with Crippen LogP contribution in [0.1, 0.15) is 194 Å².